The summed E-state index contributed by atoms with van der Waals surface area (Å²) in [7, 11) is -7.48. The van der Waals surface area contributed by atoms with Gasteiger partial charge in [-0.05, 0) is 187 Å². The van der Waals surface area contributed by atoms with Gasteiger partial charge in [0, 0.05) is 12.8 Å². The Hall–Kier alpha value is -3.79. The highest BCUT2D eigenvalue weighted by Gasteiger charge is 2.33. The van der Waals surface area contributed by atoms with Crippen LogP contribution >= 0.6 is 0 Å². The van der Waals surface area contributed by atoms with Gasteiger partial charge in [-0.3, -0.25) is 9.59 Å². The van der Waals surface area contributed by atoms with Crippen molar-refractivity contribution in [3.05, 3.63) is 119 Å². The molecule has 0 spiro atoms. The Morgan fingerprint density at radius 3 is 0.985 bits per heavy atom. The number of phenolic OH excluding ortho intramolecular Hbond substituents is 2. The highest BCUT2D eigenvalue weighted by Crippen LogP contribution is 2.30. The van der Waals surface area contributed by atoms with E-state index in [9.17, 15) is 19.8 Å². The van der Waals surface area contributed by atoms with Crippen LogP contribution in [-0.2, 0) is 43.5 Å². The second-order valence-corrected chi connectivity index (χ2v) is 38.4. The molecule has 0 radical (unpaired) electrons. The standard InChI is InChI=1S/C54H82O8Si4/c1-63(2,41-23-31-45-27-15-19-35-49(45)55)61-65(5,6)43-25-33-47-29-17-21-37-51(47)59-53(57)39-13-11-9-10-12-14-40-54(58)60-52-38-22-18-30-48(52)34-26-44-66(7,8)62-64(3,4)42-24-32-46-28-16-20-36-50(46)56/h15-22,27-30,35-38,55-56H,9-14,23-26,31-34,39-44H2,1-8H3. The van der Waals surface area contributed by atoms with Crippen molar-refractivity contribution in [1.29, 1.82) is 0 Å². The van der Waals surface area contributed by atoms with Crippen molar-refractivity contribution in [3.63, 3.8) is 0 Å². The number of para-hydroxylation sites is 4. The molecule has 0 aliphatic rings. The summed E-state index contributed by atoms with van der Waals surface area (Å²) in [6.07, 6.45) is 13.7. The van der Waals surface area contributed by atoms with E-state index in [1.807, 2.05) is 72.8 Å². The van der Waals surface area contributed by atoms with Crippen LogP contribution in [0, 0.1) is 0 Å². The lowest BCUT2D eigenvalue weighted by Gasteiger charge is -2.34. The second kappa shape index (κ2) is 27.3. The van der Waals surface area contributed by atoms with E-state index in [2.05, 4.69) is 64.5 Å². The Labute approximate surface area is 402 Å². The van der Waals surface area contributed by atoms with Crippen molar-refractivity contribution in [1.82, 2.24) is 0 Å². The number of carbonyl (C=O) groups is 2. The summed E-state index contributed by atoms with van der Waals surface area (Å²) in [5, 5.41) is 20.3. The normalized spacial score (nSPS) is 12.3. The summed E-state index contributed by atoms with van der Waals surface area (Å²) < 4.78 is 25.5. The third kappa shape index (κ3) is 21.4. The number of unbranched alkanes of at least 4 members (excludes halogenated alkanes) is 5. The van der Waals surface area contributed by atoms with Gasteiger partial charge in [0.25, 0.3) is 0 Å². The van der Waals surface area contributed by atoms with Crippen LogP contribution in [0.2, 0.25) is 76.6 Å². The first-order valence-electron chi connectivity index (χ1n) is 24.8. The predicted octanol–water partition coefficient (Wildman–Crippen LogP) is 14.7. The van der Waals surface area contributed by atoms with Crippen LogP contribution in [0.1, 0.15) is 99.3 Å². The fraction of sp³-hybridized carbons (Fsp3) is 0.519. The summed E-state index contributed by atoms with van der Waals surface area (Å²) in [5.74, 6) is 1.73. The van der Waals surface area contributed by atoms with E-state index in [1.165, 1.54) is 0 Å². The van der Waals surface area contributed by atoms with Gasteiger partial charge in [-0.1, -0.05) is 98.5 Å². The molecule has 2 N–H and O–H groups in total. The number of aryl methyl sites for hydroxylation is 4. The molecule has 0 heterocycles. The largest absolute Gasteiger partial charge is 0.508 e. The lowest BCUT2D eigenvalue weighted by atomic mass is 10.1. The third-order valence-electron chi connectivity index (χ3n) is 12.4. The molecule has 4 aromatic carbocycles. The van der Waals surface area contributed by atoms with Crippen molar-refractivity contribution in [2.75, 3.05) is 0 Å². The van der Waals surface area contributed by atoms with E-state index in [0.29, 0.717) is 35.8 Å². The topological polar surface area (TPSA) is 112 Å². The molecule has 0 saturated heterocycles. The molecule has 0 amide bonds. The molecule has 0 fully saturated rings. The maximum Gasteiger partial charge on any atom is 0.311 e. The van der Waals surface area contributed by atoms with Crippen molar-refractivity contribution < 1.29 is 37.5 Å². The van der Waals surface area contributed by atoms with Gasteiger partial charge >= 0.3 is 11.9 Å². The quantitative estimate of drug-likeness (QED) is 0.0222. The highest BCUT2D eigenvalue weighted by atomic mass is 28.4. The third-order valence-corrected chi connectivity index (χ3v) is 27.5. The minimum atomic E-state index is -1.89. The summed E-state index contributed by atoms with van der Waals surface area (Å²) in [6.45, 7) is 18.5. The number of hydrogen-bond acceptors (Lipinski definition) is 8. The van der Waals surface area contributed by atoms with Crippen molar-refractivity contribution in [2.45, 2.75) is 179 Å². The van der Waals surface area contributed by atoms with E-state index < -0.39 is 33.3 Å². The van der Waals surface area contributed by atoms with Gasteiger partial charge in [-0.25, -0.2) is 0 Å². The fourth-order valence-corrected chi connectivity index (χ4v) is 26.9. The zero-order valence-corrected chi connectivity index (χ0v) is 45.7. The molecule has 362 valence electrons. The Morgan fingerprint density at radius 2 is 0.652 bits per heavy atom. The fourth-order valence-electron chi connectivity index (χ4n) is 9.18. The molecule has 8 nitrogen and oxygen atoms in total. The van der Waals surface area contributed by atoms with Gasteiger partial charge in [-0.2, -0.15) is 0 Å². The number of ether oxygens (including phenoxy) is 2. The molecular weight excluding hydrogens is 889 g/mol. The van der Waals surface area contributed by atoms with Crippen LogP contribution in [0.4, 0.5) is 0 Å². The maximum absolute atomic E-state index is 12.9. The van der Waals surface area contributed by atoms with Crippen LogP contribution in [0.5, 0.6) is 23.0 Å². The average molecular weight is 972 g/mol. The SMILES string of the molecule is C[Si](C)(CCCc1ccccc1O)O[Si](C)(C)CCCc1ccccc1OC(=O)CCCCCCCCC(=O)Oc1ccccc1CCC[Si](C)(C)O[Si](C)(C)CCCc1ccccc1O. The molecule has 0 unspecified atom stereocenters. The monoisotopic (exact) mass is 971 g/mol. The summed E-state index contributed by atoms with van der Waals surface area (Å²) in [6, 6.07) is 35.3. The first kappa shape index (κ1) is 54.8. The Balaban J connectivity index is 1.06. The summed E-state index contributed by atoms with van der Waals surface area (Å²) in [4.78, 5) is 25.7. The molecule has 12 heteroatoms. The zero-order valence-electron chi connectivity index (χ0n) is 41.7. The Kier molecular flexibility index (Phi) is 22.6. The minimum absolute atomic E-state index is 0.182. The number of carbonyl (C=O) groups excluding carboxylic acids is 2. The predicted molar refractivity (Wildman–Crippen MR) is 282 cm³/mol. The van der Waals surface area contributed by atoms with Crippen LogP contribution in [0.15, 0.2) is 97.1 Å². The molecule has 0 atom stereocenters. The lowest BCUT2D eigenvalue weighted by molar-refractivity contribution is -0.135. The molecule has 0 aliphatic heterocycles. The molecular formula is C54H82O8Si4. The molecule has 66 heavy (non-hydrogen) atoms. The highest BCUT2D eigenvalue weighted by molar-refractivity contribution is 6.85. The number of aromatic hydroxyl groups is 2. The maximum atomic E-state index is 12.9. The van der Waals surface area contributed by atoms with E-state index >= 15 is 0 Å². The smallest absolute Gasteiger partial charge is 0.311 e. The summed E-state index contributed by atoms with van der Waals surface area (Å²) >= 11 is 0. The number of hydrogen-bond donors (Lipinski definition) is 2. The first-order chi connectivity index (χ1) is 31.3. The van der Waals surface area contributed by atoms with Crippen LogP contribution in [-0.4, -0.2) is 55.4 Å². The van der Waals surface area contributed by atoms with E-state index in [-0.39, 0.29) is 11.9 Å². The summed E-state index contributed by atoms with van der Waals surface area (Å²) in [5.41, 5.74) is 4.15. The Bertz CT molecular complexity index is 1940. The van der Waals surface area contributed by atoms with Gasteiger partial charge in [0.2, 0.25) is 0 Å². The van der Waals surface area contributed by atoms with Crippen molar-refractivity contribution in [3.8, 4) is 23.0 Å². The second-order valence-electron chi connectivity index (χ2n) is 20.7. The van der Waals surface area contributed by atoms with Gasteiger partial charge in [0.1, 0.15) is 23.0 Å². The van der Waals surface area contributed by atoms with Crippen molar-refractivity contribution >= 4 is 45.2 Å². The van der Waals surface area contributed by atoms with Crippen molar-refractivity contribution in [2.24, 2.45) is 0 Å². The van der Waals surface area contributed by atoms with Gasteiger partial charge in [0.15, 0.2) is 33.3 Å². The van der Waals surface area contributed by atoms with Crippen LogP contribution in [0.25, 0.3) is 0 Å². The first-order valence-corrected chi connectivity index (χ1v) is 37.3. The lowest BCUT2D eigenvalue weighted by Crippen LogP contribution is -2.44. The molecule has 0 aliphatic carbocycles. The Morgan fingerprint density at radius 1 is 0.379 bits per heavy atom. The van der Waals surface area contributed by atoms with Gasteiger partial charge < -0.3 is 27.9 Å². The van der Waals surface area contributed by atoms with Crippen LogP contribution in [0.3, 0.4) is 0 Å². The number of phenols is 2. The van der Waals surface area contributed by atoms with E-state index in [0.717, 1.165) is 136 Å². The minimum Gasteiger partial charge on any atom is -0.508 e. The molecule has 4 rings (SSSR count). The van der Waals surface area contributed by atoms with E-state index in [1.54, 1.807) is 12.1 Å². The number of rotatable bonds is 31. The van der Waals surface area contributed by atoms with Gasteiger partial charge in [-0.15, -0.1) is 0 Å². The van der Waals surface area contributed by atoms with Crippen LogP contribution < -0.4 is 9.47 Å². The average Bonchev–Trinajstić information content (AvgIpc) is 3.23. The molecule has 0 saturated carbocycles. The molecule has 0 aromatic heterocycles. The number of esters is 2. The molecule has 4 aromatic rings. The van der Waals surface area contributed by atoms with Gasteiger partial charge in [0.05, 0.1) is 0 Å². The molecule has 0 bridgehead atoms. The van der Waals surface area contributed by atoms with E-state index in [4.69, 9.17) is 17.7 Å². The zero-order chi connectivity index (χ0) is 48.1. The number of benzene rings is 4.